The molecule has 2 nitrogen and oxygen atoms in total. The van der Waals surface area contributed by atoms with Crippen molar-refractivity contribution in [2.24, 2.45) is 0 Å². The molecule has 2 rings (SSSR count). The molecule has 0 bridgehead atoms. The Morgan fingerprint density at radius 3 is 2.79 bits per heavy atom. The van der Waals surface area contributed by atoms with E-state index in [-0.39, 0.29) is 5.56 Å². The van der Waals surface area contributed by atoms with E-state index in [1.807, 2.05) is 19.1 Å². The van der Waals surface area contributed by atoms with Crippen molar-refractivity contribution in [3.8, 4) is 0 Å². The zero-order valence-electron chi connectivity index (χ0n) is 7.40. The highest BCUT2D eigenvalue weighted by atomic mass is 79.9. The zero-order valence-corrected chi connectivity index (χ0v) is 9.74. The molecule has 0 aliphatic heterocycles. The average Bonchev–Trinajstić information content (AvgIpc) is 2.07. The van der Waals surface area contributed by atoms with Gasteiger partial charge in [0.05, 0.1) is 10.5 Å². The Kier molecular flexibility index (Phi) is 2.37. The predicted octanol–water partition coefficient (Wildman–Crippen LogP) is 3.25. The Morgan fingerprint density at radius 1 is 1.36 bits per heavy atom. The molecule has 1 N–H and O–H groups in total. The van der Waals surface area contributed by atoms with E-state index in [0.717, 1.165) is 20.9 Å². The summed E-state index contributed by atoms with van der Waals surface area (Å²) in [6.07, 6.45) is 0. The van der Waals surface area contributed by atoms with E-state index in [4.69, 9.17) is 11.6 Å². The van der Waals surface area contributed by atoms with E-state index >= 15 is 0 Å². The summed E-state index contributed by atoms with van der Waals surface area (Å²) >= 11 is 9.35. The smallest absolute Gasteiger partial charge is 0.249 e. The second-order valence-electron chi connectivity index (χ2n) is 3.13. The van der Waals surface area contributed by atoms with E-state index in [0.29, 0.717) is 5.02 Å². The van der Waals surface area contributed by atoms with E-state index < -0.39 is 0 Å². The third kappa shape index (κ3) is 1.57. The van der Waals surface area contributed by atoms with Gasteiger partial charge in [-0.05, 0) is 24.6 Å². The lowest BCUT2D eigenvalue weighted by Gasteiger charge is -2.04. The van der Waals surface area contributed by atoms with Crippen molar-refractivity contribution >= 4 is 38.4 Å². The van der Waals surface area contributed by atoms with Gasteiger partial charge in [0.15, 0.2) is 0 Å². The molecule has 1 heterocycles. The van der Waals surface area contributed by atoms with Crippen LogP contribution in [0.25, 0.3) is 10.9 Å². The number of hydrogen-bond donors (Lipinski definition) is 1. The summed E-state index contributed by atoms with van der Waals surface area (Å²) in [5.74, 6) is 0. The average molecular weight is 273 g/mol. The molecule has 0 amide bonds. The van der Waals surface area contributed by atoms with Crippen LogP contribution in [0.4, 0.5) is 0 Å². The lowest BCUT2D eigenvalue weighted by molar-refractivity contribution is 1.28. The van der Waals surface area contributed by atoms with Crippen molar-refractivity contribution in [1.29, 1.82) is 0 Å². The number of halogens is 2. The fourth-order valence-electron chi connectivity index (χ4n) is 1.45. The summed E-state index contributed by atoms with van der Waals surface area (Å²) in [6.45, 7) is 1.93. The van der Waals surface area contributed by atoms with Crippen LogP contribution >= 0.6 is 27.5 Å². The van der Waals surface area contributed by atoms with Crippen LogP contribution in [0.5, 0.6) is 0 Å². The maximum Gasteiger partial charge on any atom is 0.249 e. The Morgan fingerprint density at radius 2 is 2.07 bits per heavy atom. The van der Waals surface area contributed by atoms with E-state index in [2.05, 4.69) is 20.9 Å². The fourth-order valence-corrected chi connectivity index (χ4v) is 2.27. The first-order chi connectivity index (χ1) is 6.58. The molecule has 0 spiro atoms. The predicted molar refractivity (Wildman–Crippen MR) is 62.0 cm³/mol. The van der Waals surface area contributed by atoms with Crippen LogP contribution in [-0.4, -0.2) is 4.98 Å². The maximum absolute atomic E-state index is 11.2. The molecule has 4 heteroatoms. The number of H-pyrrole nitrogens is 1. The van der Waals surface area contributed by atoms with Crippen molar-refractivity contribution in [3.05, 3.63) is 43.6 Å². The van der Waals surface area contributed by atoms with Crippen LogP contribution in [0.15, 0.2) is 27.5 Å². The molecule has 2 aromatic rings. The Balaban J connectivity index is 3.01. The molecule has 0 aliphatic carbocycles. The molecule has 0 unspecified atom stereocenters. The molecule has 0 radical (unpaired) electrons. The third-order valence-electron chi connectivity index (χ3n) is 2.06. The van der Waals surface area contributed by atoms with Gasteiger partial charge < -0.3 is 4.98 Å². The summed E-state index contributed by atoms with van der Waals surface area (Å²) in [7, 11) is 0. The molecule has 0 saturated carbocycles. The van der Waals surface area contributed by atoms with Gasteiger partial charge in [0.1, 0.15) is 0 Å². The topological polar surface area (TPSA) is 32.9 Å². The zero-order chi connectivity index (χ0) is 10.3. The highest BCUT2D eigenvalue weighted by Gasteiger charge is 2.04. The Hall–Kier alpha value is -0.800. The number of rotatable bonds is 0. The standard InChI is InChI=1S/C10H7BrClNO/c1-5-2-6(11)3-7-8(12)4-9(14)13-10(5)7/h2-4H,1H3,(H,13,14). The molecule has 0 fully saturated rings. The molecular weight excluding hydrogens is 265 g/mol. The van der Waals surface area contributed by atoms with Gasteiger partial charge in [-0.1, -0.05) is 27.5 Å². The fraction of sp³-hybridized carbons (Fsp3) is 0.100. The van der Waals surface area contributed by atoms with Crippen LogP contribution in [0.2, 0.25) is 5.02 Å². The molecular formula is C10H7BrClNO. The minimum atomic E-state index is -0.173. The van der Waals surface area contributed by atoms with Crippen LogP contribution in [0.1, 0.15) is 5.56 Å². The van der Waals surface area contributed by atoms with Gasteiger partial charge >= 0.3 is 0 Å². The van der Waals surface area contributed by atoms with Gasteiger partial charge in [-0.2, -0.15) is 0 Å². The van der Waals surface area contributed by atoms with E-state index in [1.54, 1.807) is 0 Å². The minimum absolute atomic E-state index is 0.173. The lowest BCUT2D eigenvalue weighted by atomic mass is 10.1. The van der Waals surface area contributed by atoms with Crippen molar-refractivity contribution in [2.75, 3.05) is 0 Å². The summed E-state index contributed by atoms with van der Waals surface area (Å²) in [5, 5.41) is 1.34. The maximum atomic E-state index is 11.2. The minimum Gasteiger partial charge on any atom is -0.322 e. The number of aryl methyl sites for hydroxylation is 1. The Bertz CT molecular complexity index is 562. The van der Waals surface area contributed by atoms with Crippen LogP contribution in [-0.2, 0) is 0 Å². The molecule has 0 saturated heterocycles. The van der Waals surface area contributed by atoms with Gasteiger partial charge in [-0.3, -0.25) is 4.79 Å². The number of pyridine rings is 1. The van der Waals surface area contributed by atoms with Gasteiger partial charge in [0.2, 0.25) is 5.56 Å². The second kappa shape index (κ2) is 3.41. The van der Waals surface area contributed by atoms with Crippen molar-refractivity contribution in [1.82, 2.24) is 4.98 Å². The first-order valence-corrected chi connectivity index (χ1v) is 5.24. The summed E-state index contributed by atoms with van der Waals surface area (Å²) < 4.78 is 0.955. The summed E-state index contributed by atoms with van der Waals surface area (Å²) in [4.78, 5) is 14.0. The summed E-state index contributed by atoms with van der Waals surface area (Å²) in [5.41, 5.74) is 1.62. The first kappa shape index (κ1) is 9.74. The molecule has 72 valence electrons. The number of hydrogen-bond acceptors (Lipinski definition) is 1. The van der Waals surface area contributed by atoms with Gasteiger partial charge in [0.25, 0.3) is 0 Å². The monoisotopic (exact) mass is 271 g/mol. The first-order valence-electron chi connectivity index (χ1n) is 4.06. The SMILES string of the molecule is Cc1cc(Br)cc2c(Cl)cc(=O)[nH]c12. The van der Waals surface area contributed by atoms with E-state index in [9.17, 15) is 4.79 Å². The van der Waals surface area contributed by atoms with Gasteiger partial charge in [0, 0.05) is 15.9 Å². The second-order valence-corrected chi connectivity index (χ2v) is 4.45. The number of fused-ring (bicyclic) bond motifs is 1. The van der Waals surface area contributed by atoms with Crippen LogP contribution in [0, 0.1) is 6.92 Å². The quantitative estimate of drug-likeness (QED) is 0.784. The number of aromatic nitrogens is 1. The lowest BCUT2D eigenvalue weighted by Crippen LogP contribution is -2.04. The molecule has 14 heavy (non-hydrogen) atoms. The highest BCUT2D eigenvalue weighted by molar-refractivity contribution is 9.10. The molecule has 0 aliphatic rings. The van der Waals surface area contributed by atoms with Gasteiger partial charge in [-0.25, -0.2) is 0 Å². The summed E-state index contributed by atoms with van der Waals surface area (Å²) in [6, 6.07) is 5.21. The van der Waals surface area contributed by atoms with Gasteiger partial charge in [-0.15, -0.1) is 0 Å². The number of benzene rings is 1. The number of nitrogens with one attached hydrogen (secondary N) is 1. The highest BCUT2D eigenvalue weighted by Crippen LogP contribution is 2.26. The Labute approximate surface area is 94.0 Å². The van der Waals surface area contributed by atoms with Crippen molar-refractivity contribution in [3.63, 3.8) is 0 Å². The molecule has 0 atom stereocenters. The van der Waals surface area contributed by atoms with Crippen molar-refractivity contribution in [2.45, 2.75) is 6.92 Å². The normalized spacial score (nSPS) is 10.8. The largest absolute Gasteiger partial charge is 0.322 e. The van der Waals surface area contributed by atoms with Crippen LogP contribution < -0.4 is 5.56 Å². The third-order valence-corrected chi connectivity index (χ3v) is 2.83. The van der Waals surface area contributed by atoms with Crippen molar-refractivity contribution < 1.29 is 0 Å². The molecule has 1 aromatic carbocycles. The van der Waals surface area contributed by atoms with Crippen LogP contribution in [0.3, 0.4) is 0 Å². The molecule has 1 aromatic heterocycles. The van der Waals surface area contributed by atoms with E-state index in [1.165, 1.54) is 6.07 Å². The number of aromatic amines is 1.